The lowest BCUT2D eigenvalue weighted by Gasteiger charge is -2.35. The summed E-state index contributed by atoms with van der Waals surface area (Å²) in [6.07, 6.45) is 1.20. The van der Waals surface area contributed by atoms with Gasteiger partial charge >= 0.3 is 0 Å². The molecule has 5 heteroatoms. The predicted molar refractivity (Wildman–Crippen MR) is 78.1 cm³/mol. The maximum Gasteiger partial charge on any atom is 0.260 e. The van der Waals surface area contributed by atoms with E-state index in [1.165, 1.54) is 0 Å². The highest BCUT2D eigenvalue weighted by Gasteiger charge is 2.29. The number of amides is 1. The Balaban J connectivity index is 1.88. The minimum Gasteiger partial charge on any atom is -0.482 e. The number of halogens is 1. The second-order valence-corrected chi connectivity index (χ2v) is 6.01. The molecule has 1 fully saturated rings. The molecule has 1 aromatic rings. The molecule has 1 heterocycles. The third-order valence-electron chi connectivity index (χ3n) is 3.63. The zero-order chi connectivity index (χ0) is 14.8. The number of nitrogens with zero attached hydrogens (tertiary/aromatic N) is 1. The maximum atomic E-state index is 12.1. The largest absolute Gasteiger partial charge is 0.482 e. The molecule has 1 saturated heterocycles. The van der Waals surface area contributed by atoms with E-state index in [0.717, 1.165) is 5.56 Å². The Hall–Kier alpha value is -1.26. The number of ether oxygens (including phenoxy) is 1. The minimum atomic E-state index is -0.655. The van der Waals surface area contributed by atoms with Crippen LogP contribution < -0.4 is 4.74 Å². The molecule has 110 valence electrons. The number of piperidine rings is 1. The van der Waals surface area contributed by atoms with Crippen LogP contribution in [0.1, 0.15) is 25.3 Å². The molecule has 0 saturated carbocycles. The molecular formula is C15H20ClNO3. The van der Waals surface area contributed by atoms with Crippen molar-refractivity contribution in [1.82, 2.24) is 4.90 Å². The van der Waals surface area contributed by atoms with Gasteiger partial charge in [-0.05, 0) is 44.4 Å². The summed E-state index contributed by atoms with van der Waals surface area (Å²) >= 11 is 6.02. The van der Waals surface area contributed by atoms with Crippen molar-refractivity contribution in [2.75, 3.05) is 19.7 Å². The summed E-state index contributed by atoms with van der Waals surface area (Å²) in [5.74, 6) is 0.460. The van der Waals surface area contributed by atoms with Crippen molar-refractivity contribution in [2.24, 2.45) is 0 Å². The number of aliphatic hydroxyl groups is 1. The van der Waals surface area contributed by atoms with Crippen molar-refractivity contribution >= 4 is 17.5 Å². The van der Waals surface area contributed by atoms with Gasteiger partial charge in [0, 0.05) is 13.1 Å². The molecule has 1 aliphatic heterocycles. The van der Waals surface area contributed by atoms with Gasteiger partial charge in [-0.2, -0.15) is 0 Å². The zero-order valence-corrected chi connectivity index (χ0v) is 12.6. The van der Waals surface area contributed by atoms with E-state index in [4.69, 9.17) is 16.3 Å². The van der Waals surface area contributed by atoms with Crippen LogP contribution in [0.2, 0.25) is 5.02 Å². The van der Waals surface area contributed by atoms with E-state index in [1.807, 2.05) is 19.1 Å². The Morgan fingerprint density at radius 3 is 2.75 bits per heavy atom. The van der Waals surface area contributed by atoms with Crippen molar-refractivity contribution in [3.8, 4) is 5.75 Å². The zero-order valence-electron chi connectivity index (χ0n) is 11.9. The van der Waals surface area contributed by atoms with Crippen LogP contribution >= 0.6 is 11.6 Å². The average molecular weight is 298 g/mol. The standard InChI is InChI=1S/C15H20ClNO3/c1-11-3-4-12(16)13(9-11)20-10-14(18)17-7-5-15(2,19)6-8-17/h3-4,9,19H,5-8,10H2,1-2H3. The van der Waals surface area contributed by atoms with E-state index in [0.29, 0.717) is 36.7 Å². The van der Waals surface area contributed by atoms with Crippen molar-refractivity contribution in [1.29, 1.82) is 0 Å². The Kier molecular flexibility index (Phi) is 4.55. The van der Waals surface area contributed by atoms with Crippen molar-refractivity contribution in [2.45, 2.75) is 32.3 Å². The lowest BCUT2D eigenvalue weighted by atomic mass is 9.94. The van der Waals surface area contributed by atoms with E-state index in [1.54, 1.807) is 17.9 Å². The quantitative estimate of drug-likeness (QED) is 0.932. The highest BCUT2D eigenvalue weighted by molar-refractivity contribution is 6.32. The van der Waals surface area contributed by atoms with E-state index in [2.05, 4.69) is 0 Å². The van der Waals surface area contributed by atoms with E-state index < -0.39 is 5.60 Å². The highest BCUT2D eigenvalue weighted by Crippen LogP contribution is 2.25. The van der Waals surface area contributed by atoms with Crippen LogP contribution in [0.5, 0.6) is 5.75 Å². The molecule has 1 amide bonds. The number of likely N-dealkylation sites (tertiary alicyclic amines) is 1. The Labute approximate surface area is 124 Å². The van der Waals surface area contributed by atoms with Gasteiger partial charge in [0.25, 0.3) is 5.91 Å². The third-order valence-corrected chi connectivity index (χ3v) is 3.94. The topological polar surface area (TPSA) is 49.8 Å². The summed E-state index contributed by atoms with van der Waals surface area (Å²) in [7, 11) is 0. The second-order valence-electron chi connectivity index (χ2n) is 5.60. The van der Waals surface area contributed by atoms with Gasteiger partial charge in [-0.3, -0.25) is 4.79 Å². The van der Waals surface area contributed by atoms with E-state index in [-0.39, 0.29) is 12.5 Å². The van der Waals surface area contributed by atoms with Crippen molar-refractivity contribution in [3.05, 3.63) is 28.8 Å². The van der Waals surface area contributed by atoms with Gasteiger partial charge < -0.3 is 14.7 Å². The van der Waals surface area contributed by atoms with Gasteiger partial charge in [-0.15, -0.1) is 0 Å². The SMILES string of the molecule is Cc1ccc(Cl)c(OCC(=O)N2CCC(C)(O)CC2)c1. The van der Waals surface area contributed by atoms with Gasteiger partial charge in [-0.25, -0.2) is 0 Å². The molecule has 0 bridgehead atoms. The Morgan fingerprint density at radius 1 is 1.45 bits per heavy atom. The molecule has 4 nitrogen and oxygen atoms in total. The van der Waals surface area contributed by atoms with Crippen LogP contribution in [-0.2, 0) is 4.79 Å². The molecule has 0 atom stereocenters. The fourth-order valence-electron chi connectivity index (χ4n) is 2.19. The summed E-state index contributed by atoms with van der Waals surface area (Å²) in [5.41, 5.74) is 0.378. The molecule has 0 aromatic heterocycles. The van der Waals surface area contributed by atoms with Gasteiger partial charge in [0.1, 0.15) is 5.75 Å². The number of aryl methyl sites for hydroxylation is 1. The molecule has 0 unspecified atom stereocenters. The first-order valence-corrected chi connectivity index (χ1v) is 7.14. The number of carbonyl (C=O) groups excluding carboxylic acids is 1. The molecule has 0 radical (unpaired) electrons. The molecule has 1 aromatic carbocycles. The monoisotopic (exact) mass is 297 g/mol. The number of hydrogen-bond donors (Lipinski definition) is 1. The second kappa shape index (κ2) is 6.02. The van der Waals surface area contributed by atoms with Crippen molar-refractivity contribution < 1.29 is 14.6 Å². The number of rotatable bonds is 3. The summed E-state index contributed by atoms with van der Waals surface area (Å²) in [6.45, 7) is 4.86. The van der Waals surface area contributed by atoms with Crippen LogP contribution in [0.4, 0.5) is 0 Å². The van der Waals surface area contributed by atoms with E-state index >= 15 is 0 Å². The lowest BCUT2D eigenvalue weighted by Crippen LogP contribution is -2.46. The molecule has 1 aliphatic rings. The number of hydrogen-bond acceptors (Lipinski definition) is 3. The molecule has 20 heavy (non-hydrogen) atoms. The van der Waals surface area contributed by atoms with Gasteiger partial charge in [-0.1, -0.05) is 17.7 Å². The van der Waals surface area contributed by atoms with Crippen LogP contribution in [0.15, 0.2) is 18.2 Å². The van der Waals surface area contributed by atoms with Gasteiger partial charge in [0.15, 0.2) is 6.61 Å². The van der Waals surface area contributed by atoms with Crippen LogP contribution in [0.3, 0.4) is 0 Å². The molecule has 1 N–H and O–H groups in total. The Morgan fingerprint density at radius 2 is 2.10 bits per heavy atom. The normalized spacial score (nSPS) is 17.9. The molecule has 0 spiro atoms. The summed E-state index contributed by atoms with van der Waals surface area (Å²) in [5, 5.41) is 10.4. The fourth-order valence-corrected chi connectivity index (χ4v) is 2.36. The third kappa shape index (κ3) is 3.87. The number of carbonyl (C=O) groups is 1. The smallest absolute Gasteiger partial charge is 0.260 e. The Bertz CT molecular complexity index is 492. The van der Waals surface area contributed by atoms with Crippen LogP contribution in [-0.4, -0.2) is 41.2 Å². The molecular weight excluding hydrogens is 278 g/mol. The lowest BCUT2D eigenvalue weighted by molar-refractivity contribution is -0.137. The average Bonchev–Trinajstić information content (AvgIpc) is 2.39. The first-order valence-electron chi connectivity index (χ1n) is 6.76. The molecule has 0 aliphatic carbocycles. The number of benzene rings is 1. The minimum absolute atomic E-state index is 0.0225. The van der Waals surface area contributed by atoms with Crippen LogP contribution in [0.25, 0.3) is 0 Å². The summed E-state index contributed by atoms with van der Waals surface area (Å²) in [6, 6.07) is 5.47. The van der Waals surface area contributed by atoms with Gasteiger partial charge in [0.2, 0.25) is 0 Å². The van der Waals surface area contributed by atoms with Crippen LogP contribution in [0, 0.1) is 6.92 Å². The predicted octanol–water partition coefficient (Wildman–Crippen LogP) is 2.40. The van der Waals surface area contributed by atoms with Gasteiger partial charge in [0.05, 0.1) is 10.6 Å². The first-order chi connectivity index (χ1) is 9.37. The van der Waals surface area contributed by atoms with Crippen molar-refractivity contribution in [3.63, 3.8) is 0 Å². The first kappa shape index (κ1) is 15.1. The highest BCUT2D eigenvalue weighted by atomic mass is 35.5. The summed E-state index contributed by atoms with van der Waals surface area (Å²) in [4.78, 5) is 13.8. The summed E-state index contributed by atoms with van der Waals surface area (Å²) < 4.78 is 5.50. The maximum absolute atomic E-state index is 12.1. The molecule has 2 rings (SSSR count). The fraction of sp³-hybridized carbons (Fsp3) is 0.533. The van der Waals surface area contributed by atoms with E-state index in [9.17, 15) is 9.90 Å².